The Balaban J connectivity index is 2.84. The Morgan fingerprint density at radius 3 is 2.12 bits per heavy atom. The van der Waals surface area contributed by atoms with Crippen LogP contribution in [0.2, 0.25) is 5.02 Å². The molecule has 1 atom stereocenters. The predicted octanol–water partition coefficient (Wildman–Crippen LogP) is 2.94. The van der Waals surface area contributed by atoms with Crippen LogP contribution in [0.1, 0.15) is 26.3 Å². The molecule has 0 spiro atoms. The van der Waals surface area contributed by atoms with Gasteiger partial charge < -0.3 is 5.73 Å². The smallest absolute Gasteiger partial charge is 0.0406 e. The molecule has 0 saturated carbocycles. The number of rotatable bonds is 6. The molecule has 2 N–H and O–H groups in total. The van der Waals surface area contributed by atoms with Crippen molar-refractivity contribution in [2.45, 2.75) is 32.7 Å². The molecule has 0 bridgehead atoms. The lowest BCUT2D eigenvalue weighted by atomic mass is 9.91. The van der Waals surface area contributed by atoms with Crippen molar-refractivity contribution < 1.29 is 0 Å². The third-order valence-corrected chi connectivity index (χ3v) is 3.72. The average molecular weight is 255 g/mol. The van der Waals surface area contributed by atoms with Crippen molar-refractivity contribution in [2.24, 2.45) is 5.73 Å². The highest BCUT2D eigenvalue weighted by Gasteiger charge is 2.28. The molecule has 0 radical (unpaired) electrons. The molecule has 3 heteroatoms. The first-order valence-electron chi connectivity index (χ1n) is 6.25. The number of likely N-dealkylation sites (N-methyl/N-ethyl adjacent to an activating group) is 1. The minimum absolute atomic E-state index is 0.0251. The van der Waals surface area contributed by atoms with Gasteiger partial charge in [-0.25, -0.2) is 0 Å². The first-order chi connectivity index (χ1) is 8.05. The van der Waals surface area contributed by atoms with Crippen molar-refractivity contribution in [2.75, 3.05) is 19.6 Å². The van der Waals surface area contributed by atoms with Gasteiger partial charge in [0.1, 0.15) is 0 Å². The van der Waals surface area contributed by atoms with E-state index in [1.807, 2.05) is 12.1 Å². The van der Waals surface area contributed by atoms with E-state index >= 15 is 0 Å². The molecule has 0 amide bonds. The van der Waals surface area contributed by atoms with E-state index in [2.05, 4.69) is 37.8 Å². The second-order valence-corrected chi connectivity index (χ2v) is 5.11. The third-order valence-electron chi connectivity index (χ3n) is 3.46. The van der Waals surface area contributed by atoms with Crippen LogP contribution in [0.25, 0.3) is 0 Å². The zero-order valence-electron chi connectivity index (χ0n) is 11.0. The van der Waals surface area contributed by atoms with Gasteiger partial charge in [0.25, 0.3) is 0 Å². The van der Waals surface area contributed by atoms with Crippen LogP contribution in [0.15, 0.2) is 24.3 Å². The Labute approximate surface area is 110 Å². The topological polar surface area (TPSA) is 29.3 Å². The molecule has 2 nitrogen and oxygen atoms in total. The van der Waals surface area contributed by atoms with Gasteiger partial charge in [0.15, 0.2) is 0 Å². The molecule has 0 aliphatic carbocycles. The van der Waals surface area contributed by atoms with Crippen LogP contribution >= 0.6 is 11.6 Å². The number of hydrogen-bond donors (Lipinski definition) is 1. The number of nitrogens with zero attached hydrogens (tertiary/aromatic N) is 1. The number of nitrogens with two attached hydrogens (primary N) is 1. The van der Waals surface area contributed by atoms with Crippen molar-refractivity contribution in [3.63, 3.8) is 0 Å². The molecule has 0 aromatic heterocycles. The van der Waals surface area contributed by atoms with Crippen LogP contribution in [-0.2, 0) is 6.42 Å². The Bertz CT molecular complexity index is 333. The Kier molecular flexibility index (Phi) is 5.44. The largest absolute Gasteiger partial charge is 0.329 e. The van der Waals surface area contributed by atoms with Crippen LogP contribution in [0.3, 0.4) is 0 Å². The van der Waals surface area contributed by atoms with E-state index < -0.39 is 0 Å². The van der Waals surface area contributed by atoms with Crippen LogP contribution in [0.5, 0.6) is 0 Å². The molecule has 0 saturated heterocycles. The van der Waals surface area contributed by atoms with Crippen molar-refractivity contribution in [1.29, 1.82) is 0 Å². The SMILES string of the molecule is CCN(CC)C(C)(CN)Cc1ccc(Cl)cc1. The van der Waals surface area contributed by atoms with Gasteiger partial charge in [-0.05, 0) is 44.1 Å². The summed E-state index contributed by atoms with van der Waals surface area (Å²) in [6, 6.07) is 8.05. The van der Waals surface area contributed by atoms with E-state index in [0.717, 1.165) is 24.5 Å². The van der Waals surface area contributed by atoms with Gasteiger partial charge in [-0.1, -0.05) is 37.6 Å². The van der Waals surface area contributed by atoms with E-state index in [9.17, 15) is 0 Å². The summed E-state index contributed by atoms with van der Waals surface area (Å²) in [6.45, 7) is 9.31. The zero-order chi connectivity index (χ0) is 12.9. The van der Waals surface area contributed by atoms with E-state index in [0.29, 0.717) is 6.54 Å². The minimum Gasteiger partial charge on any atom is -0.329 e. The Hall–Kier alpha value is -0.570. The summed E-state index contributed by atoms with van der Waals surface area (Å²) in [5.41, 5.74) is 7.28. The third kappa shape index (κ3) is 3.70. The maximum Gasteiger partial charge on any atom is 0.0406 e. The van der Waals surface area contributed by atoms with Crippen molar-refractivity contribution in [1.82, 2.24) is 4.90 Å². The van der Waals surface area contributed by atoms with E-state index in [4.69, 9.17) is 17.3 Å². The molecule has 17 heavy (non-hydrogen) atoms. The van der Waals surface area contributed by atoms with Gasteiger partial charge in [-0.3, -0.25) is 4.90 Å². The predicted molar refractivity (Wildman–Crippen MR) is 75.5 cm³/mol. The van der Waals surface area contributed by atoms with Gasteiger partial charge >= 0.3 is 0 Å². The van der Waals surface area contributed by atoms with Crippen molar-refractivity contribution in [3.05, 3.63) is 34.9 Å². The van der Waals surface area contributed by atoms with Gasteiger partial charge in [-0.15, -0.1) is 0 Å². The summed E-state index contributed by atoms with van der Waals surface area (Å²) >= 11 is 5.90. The monoisotopic (exact) mass is 254 g/mol. The number of hydrogen-bond acceptors (Lipinski definition) is 2. The summed E-state index contributed by atoms with van der Waals surface area (Å²) in [6.07, 6.45) is 0.961. The lowest BCUT2D eigenvalue weighted by Crippen LogP contribution is -2.53. The molecule has 1 unspecified atom stereocenters. The quantitative estimate of drug-likeness (QED) is 0.846. The summed E-state index contributed by atoms with van der Waals surface area (Å²) in [5, 5.41) is 0.783. The Morgan fingerprint density at radius 2 is 1.71 bits per heavy atom. The highest BCUT2D eigenvalue weighted by atomic mass is 35.5. The molecular weight excluding hydrogens is 232 g/mol. The van der Waals surface area contributed by atoms with Crippen LogP contribution in [-0.4, -0.2) is 30.1 Å². The second-order valence-electron chi connectivity index (χ2n) is 4.68. The summed E-state index contributed by atoms with van der Waals surface area (Å²) in [4.78, 5) is 2.42. The molecule has 1 aromatic carbocycles. The zero-order valence-corrected chi connectivity index (χ0v) is 11.8. The molecule has 0 aliphatic heterocycles. The van der Waals surface area contributed by atoms with Gasteiger partial charge in [-0.2, -0.15) is 0 Å². The van der Waals surface area contributed by atoms with E-state index in [1.165, 1.54) is 5.56 Å². The van der Waals surface area contributed by atoms with Gasteiger partial charge in [0.2, 0.25) is 0 Å². The fourth-order valence-electron chi connectivity index (χ4n) is 2.34. The highest BCUT2D eigenvalue weighted by molar-refractivity contribution is 6.30. The van der Waals surface area contributed by atoms with E-state index in [-0.39, 0.29) is 5.54 Å². The second kappa shape index (κ2) is 6.39. The number of benzene rings is 1. The molecule has 1 aromatic rings. The minimum atomic E-state index is 0.0251. The van der Waals surface area contributed by atoms with Gasteiger partial charge in [0.05, 0.1) is 0 Å². The van der Waals surface area contributed by atoms with Crippen LogP contribution < -0.4 is 5.73 Å². The standard InChI is InChI=1S/C14H23ClN2/c1-4-17(5-2)14(3,11-16)10-12-6-8-13(15)9-7-12/h6-9H,4-5,10-11,16H2,1-3H3. The molecule has 1 rings (SSSR count). The first kappa shape index (κ1) is 14.5. The summed E-state index contributed by atoms with van der Waals surface area (Å²) in [7, 11) is 0. The van der Waals surface area contributed by atoms with Gasteiger partial charge in [0, 0.05) is 17.1 Å². The summed E-state index contributed by atoms with van der Waals surface area (Å²) < 4.78 is 0. The average Bonchev–Trinajstić information content (AvgIpc) is 2.33. The Morgan fingerprint density at radius 1 is 1.18 bits per heavy atom. The highest BCUT2D eigenvalue weighted by Crippen LogP contribution is 2.21. The molecule has 96 valence electrons. The van der Waals surface area contributed by atoms with Crippen molar-refractivity contribution in [3.8, 4) is 0 Å². The fraction of sp³-hybridized carbons (Fsp3) is 0.571. The molecule has 0 heterocycles. The molecular formula is C14H23ClN2. The maximum atomic E-state index is 5.97. The molecule has 0 aliphatic rings. The van der Waals surface area contributed by atoms with Crippen LogP contribution in [0, 0.1) is 0 Å². The molecule has 0 fully saturated rings. The van der Waals surface area contributed by atoms with Crippen LogP contribution in [0.4, 0.5) is 0 Å². The van der Waals surface area contributed by atoms with E-state index in [1.54, 1.807) is 0 Å². The summed E-state index contributed by atoms with van der Waals surface area (Å²) in [5.74, 6) is 0. The fourth-order valence-corrected chi connectivity index (χ4v) is 2.47. The van der Waals surface area contributed by atoms with Crippen molar-refractivity contribution >= 4 is 11.6 Å². The lowest BCUT2D eigenvalue weighted by molar-refractivity contribution is 0.124. The normalized spacial score (nSPS) is 14.9. The lowest BCUT2D eigenvalue weighted by Gasteiger charge is -2.39. The number of halogens is 1. The maximum absolute atomic E-state index is 5.97. The first-order valence-corrected chi connectivity index (χ1v) is 6.63.